The minimum atomic E-state index is -4.92. The van der Waals surface area contributed by atoms with E-state index in [0.29, 0.717) is 11.5 Å². The molecule has 4 aromatic rings. The maximum absolute atomic E-state index is 14.4. The van der Waals surface area contributed by atoms with Crippen LogP contribution < -0.4 is 10.1 Å². The highest BCUT2D eigenvalue weighted by Crippen LogP contribution is 2.38. The lowest BCUT2D eigenvalue weighted by Gasteiger charge is -2.15. The molecule has 2 N–H and O–H groups in total. The van der Waals surface area contributed by atoms with Crippen molar-refractivity contribution in [2.45, 2.75) is 19.3 Å². The van der Waals surface area contributed by atoms with Gasteiger partial charge < -0.3 is 14.5 Å². The number of alkyl halides is 5. The SMILES string of the molecule is Fc1cc2oc(-c3nnn[nH]3)cc2cc1CNc1ccc(OC(F)F)c(C(F)(F)F)c1. The second-order valence-electron chi connectivity index (χ2n) is 6.28. The number of ether oxygens (including phenoxy) is 1. The highest BCUT2D eigenvalue weighted by Gasteiger charge is 2.35. The zero-order valence-electron chi connectivity index (χ0n) is 15.2. The normalized spacial score (nSPS) is 12.0. The van der Waals surface area contributed by atoms with E-state index in [1.807, 2.05) is 0 Å². The summed E-state index contributed by atoms with van der Waals surface area (Å²) in [6.45, 7) is -3.59. The van der Waals surface area contributed by atoms with Crippen LogP contribution >= 0.6 is 0 Å². The Bertz CT molecular complexity index is 1210. The van der Waals surface area contributed by atoms with Gasteiger partial charge in [0.05, 0.1) is 5.56 Å². The number of rotatable bonds is 6. The zero-order valence-corrected chi connectivity index (χ0v) is 15.2. The molecule has 0 fully saturated rings. The van der Waals surface area contributed by atoms with Crippen LogP contribution in [0, 0.1) is 5.82 Å². The topological polar surface area (TPSA) is 88.9 Å². The number of furan rings is 1. The lowest BCUT2D eigenvalue weighted by atomic mass is 10.1. The molecule has 0 atom stereocenters. The van der Waals surface area contributed by atoms with E-state index < -0.39 is 29.9 Å². The standard InChI is InChI=1S/C18H11F6N5O2/c19-12-6-14-8(4-15(30-14)16-26-28-29-27-16)3-9(12)7-25-10-1-2-13(31-17(20)21)11(5-10)18(22,23)24/h1-6,17,25H,7H2,(H,26,27,28,29). The first kappa shape index (κ1) is 20.5. The van der Waals surface area contributed by atoms with Crippen LogP contribution in [-0.2, 0) is 12.7 Å². The van der Waals surface area contributed by atoms with Gasteiger partial charge in [0.1, 0.15) is 17.1 Å². The second-order valence-corrected chi connectivity index (χ2v) is 6.28. The predicted molar refractivity (Wildman–Crippen MR) is 94.7 cm³/mol. The molecular formula is C18H11F6N5O2. The maximum Gasteiger partial charge on any atom is 0.420 e. The molecule has 0 amide bonds. The van der Waals surface area contributed by atoms with Crippen LogP contribution in [-0.4, -0.2) is 27.2 Å². The lowest BCUT2D eigenvalue weighted by Crippen LogP contribution is -2.12. The summed E-state index contributed by atoms with van der Waals surface area (Å²) >= 11 is 0. The van der Waals surface area contributed by atoms with Crippen LogP contribution in [0.15, 0.2) is 40.8 Å². The Labute approximate surface area is 169 Å². The van der Waals surface area contributed by atoms with Gasteiger partial charge >= 0.3 is 12.8 Å². The fraction of sp³-hybridized carbons (Fsp3) is 0.167. The molecule has 0 unspecified atom stereocenters. The van der Waals surface area contributed by atoms with Crippen molar-refractivity contribution >= 4 is 16.7 Å². The molecule has 0 spiro atoms. The van der Waals surface area contributed by atoms with Crippen molar-refractivity contribution in [2.75, 3.05) is 5.32 Å². The van der Waals surface area contributed by atoms with E-state index in [9.17, 15) is 26.3 Å². The van der Waals surface area contributed by atoms with Gasteiger partial charge in [-0.1, -0.05) is 0 Å². The molecule has 4 rings (SSSR count). The van der Waals surface area contributed by atoms with Gasteiger partial charge in [-0.3, -0.25) is 0 Å². The summed E-state index contributed by atoms with van der Waals surface area (Å²) in [5.74, 6) is -1.16. The second kappa shape index (κ2) is 7.81. The van der Waals surface area contributed by atoms with Crippen LogP contribution in [0.4, 0.5) is 32.0 Å². The largest absolute Gasteiger partial charge is 0.453 e. The maximum atomic E-state index is 14.4. The highest BCUT2D eigenvalue weighted by molar-refractivity contribution is 5.82. The summed E-state index contributed by atoms with van der Waals surface area (Å²) in [7, 11) is 0. The van der Waals surface area contributed by atoms with E-state index in [4.69, 9.17) is 4.42 Å². The van der Waals surface area contributed by atoms with Gasteiger partial charge in [0, 0.05) is 29.2 Å². The minimum Gasteiger partial charge on any atom is -0.453 e. The van der Waals surface area contributed by atoms with Crippen molar-refractivity contribution < 1.29 is 35.5 Å². The van der Waals surface area contributed by atoms with E-state index in [2.05, 4.69) is 30.7 Å². The molecular weight excluding hydrogens is 432 g/mol. The lowest BCUT2D eigenvalue weighted by molar-refractivity contribution is -0.141. The number of H-pyrrole nitrogens is 1. The molecule has 162 valence electrons. The van der Waals surface area contributed by atoms with Gasteiger partial charge in [-0.2, -0.15) is 22.0 Å². The molecule has 0 bridgehead atoms. The van der Waals surface area contributed by atoms with Crippen molar-refractivity contribution in [3.8, 4) is 17.3 Å². The molecule has 2 aromatic heterocycles. The van der Waals surface area contributed by atoms with Gasteiger partial charge in [0.25, 0.3) is 0 Å². The fourth-order valence-corrected chi connectivity index (χ4v) is 2.88. The summed E-state index contributed by atoms with van der Waals surface area (Å²) in [4.78, 5) is 0. The van der Waals surface area contributed by atoms with E-state index >= 15 is 0 Å². The number of aromatic nitrogens is 4. The Morgan fingerprint density at radius 1 is 1.13 bits per heavy atom. The van der Waals surface area contributed by atoms with Gasteiger partial charge in [-0.25, -0.2) is 9.49 Å². The summed E-state index contributed by atoms with van der Waals surface area (Å²) in [5, 5.41) is 16.2. The number of hydrogen-bond donors (Lipinski definition) is 2. The summed E-state index contributed by atoms with van der Waals surface area (Å²) < 4.78 is 88.0. The van der Waals surface area contributed by atoms with Crippen molar-refractivity contribution in [3.63, 3.8) is 0 Å². The van der Waals surface area contributed by atoms with Gasteiger partial charge in [0.15, 0.2) is 5.76 Å². The molecule has 31 heavy (non-hydrogen) atoms. The Kier molecular flexibility index (Phi) is 5.17. The molecule has 7 nitrogen and oxygen atoms in total. The fourth-order valence-electron chi connectivity index (χ4n) is 2.88. The van der Waals surface area contributed by atoms with Crippen LogP contribution in [0.2, 0.25) is 0 Å². The van der Waals surface area contributed by atoms with Crippen LogP contribution in [0.3, 0.4) is 0 Å². The molecule has 0 radical (unpaired) electrons. The number of nitrogens with zero attached hydrogens (tertiary/aromatic N) is 3. The van der Waals surface area contributed by atoms with E-state index in [1.54, 1.807) is 6.07 Å². The highest BCUT2D eigenvalue weighted by atomic mass is 19.4. The molecule has 0 saturated carbocycles. The molecule has 0 aliphatic rings. The predicted octanol–water partition coefficient (Wildman–Crippen LogP) is 4.98. The molecule has 0 aliphatic heterocycles. The number of anilines is 1. The number of tetrazole rings is 1. The summed E-state index contributed by atoms with van der Waals surface area (Å²) in [6.07, 6.45) is -4.92. The number of benzene rings is 2. The Morgan fingerprint density at radius 2 is 1.94 bits per heavy atom. The molecule has 0 aliphatic carbocycles. The monoisotopic (exact) mass is 443 g/mol. The van der Waals surface area contributed by atoms with E-state index in [-0.39, 0.29) is 35.0 Å². The first-order valence-electron chi connectivity index (χ1n) is 8.56. The van der Waals surface area contributed by atoms with Crippen molar-refractivity contribution in [2.24, 2.45) is 0 Å². The van der Waals surface area contributed by atoms with Crippen molar-refractivity contribution in [3.05, 3.63) is 53.3 Å². The van der Waals surface area contributed by atoms with Crippen LogP contribution in [0.1, 0.15) is 11.1 Å². The van der Waals surface area contributed by atoms with Gasteiger partial charge in [-0.15, -0.1) is 5.10 Å². The third-order valence-corrected chi connectivity index (χ3v) is 4.25. The van der Waals surface area contributed by atoms with Crippen molar-refractivity contribution in [1.29, 1.82) is 0 Å². The number of nitrogens with one attached hydrogen (secondary N) is 2. The van der Waals surface area contributed by atoms with Crippen molar-refractivity contribution in [1.82, 2.24) is 20.6 Å². The zero-order chi connectivity index (χ0) is 22.2. The average Bonchev–Trinajstić information content (AvgIpc) is 3.35. The van der Waals surface area contributed by atoms with Crippen LogP contribution in [0.5, 0.6) is 5.75 Å². The van der Waals surface area contributed by atoms with Gasteiger partial charge in [0.2, 0.25) is 5.82 Å². The van der Waals surface area contributed by atoms with Gasteiger partial charge in [-0.05, 0) is 40.8 Å². The Hall–Kier alpha value is -3.77. The summed E-state index contributed by atoms with van der Waals surface area (Å²) in [5.41, 5.74) is -1.08. The number of fused-ring (bicyclic) bond motifs is 1. The smallest absolute Gasteiger partial charge is 0.420 e. The first-order valence-corrected chi connectivity index (χ1v) is 8.56. The van der Waals surface area contributed by atoms with E-state index in [1.165, 1.54) is 6.07 Å². The number of aromatic amines is 1. The number of hydrogen-bond acceptors (Lipinski definition) is 6. The molecule has 0 saturated heterocycles. The molecule has 13 heteroatoms. The number of halogens is 6. The molecule has 2 heterocycles. The van der Waals surface area contributed by atoms with Crippen LogP contribution in [0.25, 0.3) is 22.6 Å². The third-order valence-electron chi connectivity index (χ3n) is 4.25. The first-order chi connectivity index (χ1) is 14.7. The quantitative estimate of drug-likeness (QED) is 0.409. The molecule has 2 aromatic carbocycles. The Morgan fingerprint density at radius 3 is 2.61 bits per heavy atom. The third kappa shape index (κ3) is 4.39. The Balaban J connectivity index is 1.58. The average molecular weight is 443 g/mol. The minimum absolute atomic E-state index is 0.0611. The van der Waals surface area contributed by atoms with E-state index in [0.717, 1.165) is 18.2 Å². The summed E-state index contributed by atoms with van der Waals surface area (Å²) in [6, 6.07) is 6.65.